The first kappa shape index (κ1) is 12.2. The van der Waals surface area contributed by atoms with Gasteiger partial charge in [-0.05, 0) is 41.6 Å². The van der Waals surface area contributed by atoms with Crippen molar-refractivity contribution in [3.05, 3.63) is 26.6 Å². The second-order valence-electron chi connectivity index (χ2n) is 4.93. The zero-order valence-corrected chi connectivity index (χ0v) is 11.6. The van der Waals surface area contributed by atoms with Gasteiger partial charge in [-0.3, -0.25) is 10.6 Å². The van der Waals surface area contributed by atoms with Crippen LogP contribution in [0.25, 0.3) is 0 Å². The number of hydrogen-bond donors (Lipinski definition) is 4. The third-order valence-electron chi connectivity index (χ3n) is 3.77. The Morgan fingerprint density at radius 2 is 2.33 bits per heavy atom. The molecule has 0 spiro atoms. The summed E-state index contributed by atoms with van der Waals surface area (Å²) in [5.41, 5.74) is 9.91. The predicted octanol–water partition coefficient (Wildman–Crippen LogP) is 0.974. The normalized spacial score (nSPS) is 23.6. The minimum Gasteiger partial charge on any atom is -0.318 e. The third kappa shape index (κ3) is 1.78. The van der Waals surface area contributed by atoms with Gasteiger partial charge in [0.1, 0.15) is 6.17 Å². The lowest BCUT2D eigenvalue weighted by Crippen LogP contribution is -2.39. The molecule has 6 nitrogen and oxygen atoms in total. The predicted molar refractivity (Wildman–Crippen MR) is 72.7 cm³/mol. The molecule has 0 saturated heterocycles. The molecule has 98 valence electrons. The lowest BCUT2D eigenvalue weighted by molar-refractivity contribution is 0.456. The summed E-state index contributed by atoms with van der Waals surface area (Å²) in [6, 6.07) is 0.234. The molecule has 5 N–H and O–H groups in total. The molecule has 0 aromatic carbocycles. The second kappa shape index (κ2) is 4.34. The van der Waals surface area contributed by atoms with Crippen LogP contribution in [-0.2, 0) is 0 Å². The number of hydrazine groups is 2. The van der Waals surface area contributed by atoms with Gasteiger partial charge in [0.2, 0.25) is 0 Å². The van der Waals surface area contributed by atoms with Crippen LogP contribution in [0.4, 0.5) is 5.69 Å². The van der Waals surface area contributed by atoms with Gasteiger partial charge in [0, 0.05) is 12.2 Å². The fourth-order valence-corrected chi connectivity index (χ4v) is 3.00. The number of hydrogen-bond acceptors (Lipinski definition) is 5. The van der Waals surface area contributed by atoms with Crippen LogP contribution in [0.3, 0.4) is 0 Å². The van der Waals surface area contributed by atoms with Gasteiger partial charge in [0.15, 0.2) is 0 Å². The maximum Gasteiger partial charge on any atom is 0.259 e. The molecule has 1 fully saturated rings. The first-order valence-electron chi connectivity index (χ1n) is 6.05. The van der Waals surface area contributed by atoms with Crippen molar-refractivity contribution in [2.75, 3.05) is 5.43 Å². The Kier molecular flexibility index (Phi) is 2.93. The van der Waals surface area contributed by atoms with E-state index in [2.05, 4.69) is 39.1 Å². The molecule has 0 bridgehead atoms. The van der Waals surface area contributed by atoms with E-state index in [0.29, 0.717) is 11.5 Å². The van der Waals surface area contributed by atoms with Crippen LogP contribution < -0.4 is 27.7 Å². The number of fused-ring (bicyclic) bond motifs is 1. The zero-order chi connectivity index (χ0) is 12.9. The van der Waals surface area contributed by atoms with Crippen molar-refractivity contribution >= 4 is 21.6 Å². The van der Waals surface area contributed by atoms with Crippen LogP contribution in [-0.4, -0.2) is 4.57 Å². The van der Waals surface area contributed by atoms with Crippen LogP contribution >= 0.6 is 15.9 Å². The van der Waals surface area contributed by atoms with Gasteiger partial charge >= 0.3 is 0 Å². The Balaban J connectivity index is 2.12. The molecule has 0 radical (unpaired) electrons. The van der Waals surface area contributed by atoms with Gasteiger partial charge in [0.25, 0.3) is 5.56 Å². The highest BCUT2D eigenvalue weighted by Gasteiger charge is 2.33. The topological polar surface area (TPSA) is 84.1 Å². The van der Waals surface area contributed by atoms with Crippen molar-refractivity contribution in [2.45, 2.75) is 32.0 Å². The number of anilines is 1. The van der Waals surface area contributed by atoms with Crippen molar-refractivity contribution < 1.29 is 0 Å². The van der Waals surface area contributed by atoms with E-state index in [9.17, 15) is 4.79 Å². The Labute approximate surface area is 113 Å². The van der Waals surface area contributed by atoms with Crippen LogP contribution in [0.2, 0.25) is 0 Å². The lowest BCUT2D eigenvalue weighted by atomic mass is 10.1. The van der Waals surface area contributed by atoms with Crippen molar-refractivity contribution in [2.24, 2.45) is 11.8 Å². The summed E-state index contributed by atoms with van der Waals surface area (Å²) < 4.78 is 2.68. The average Bonchev–Trinajstić information content (AvgIpc) is 3.11. The molecule has 2 atom stereocenters. The van der Waals surface area contributed by atoms with Gasteiger partial charge in [0.05, 0.1) is 15.7 Å². The molecule has 1 aliphatic carbocycles. The summed E-state index contributed by atoms with van der Waals surface area (Å²) >= 11 is 3.50. The highest BCUT2D eigenvalue weighted by atomic mass is 79.9. The summed E-state index contributed by atoms with van der Waals surface area (Å²) in [7, 11) is 0. The van der Waals surface area contributed by atoms with E-state index in [1.807, 2.05) is 6.20 Å². The second-order valence-corrected chi connectivity index (χ2v) is 5.78. The average molecular weight is 314 g/mol. The number of nitrogens with one attached hydrogen (secondary N) is 3. The fraction of sp³-hybridized carbons (Fsp3) is 0.545. The molecule has 0 amide bonds. The number of aromatic nitrogens is 1. The smallest absolute Gasteiger partial charge is 0.259 e. The minimum absolute atomic E-state index is 0.00745. The SMILES string of the molecule is CC(C1CC1)n1cc(Br)c2c(c1=O)C(NN)NN2. The largest absolute Gasteiger partial charge is 0.318 e. The van der Waals surface area contributed by atoms with Crippen molar-refractivity contribution in [3.8, 4) is 0 Å². The van der Waals surface area contributed by atoms with Crippen molar-refractivity contribution in [3.63, 3.8) is 0 Å². The molecular formula is C11H16BrN5O. The van der Waals surface area contributed by atoms with E-state index in [1.54, 1.807) is 4.57 Å². The molecule has 2 heterocycles. The summed E-state index contributed by atoms with van der Waals surface area (Å²) in [5, 5.41) is 0. The Morgan fingerprint density at radius 1 is 1.61 bits per heavy atom. The number of nitrogens with two attached hydrogens (primary N) is 1. The van der Waals surface area contributed by atoms with Crippen LogP contribution in [0.1, 0.15) is 37.5 Å². The van der Waals surface area contributed by atoms with E-state index < -0.39 is 0 Å². The summed E-state index contributed by atoms with van der Waals surface area (Å²) in [4.78, 5) is 12.5. The molecule has 1 aromatic rings. The summed E-state index contributed by atoms with van der Waals surface area (Å²) in [6.07, 6.45) is 3.91. The molecule has 2 unspecified atom stereocenters. The quantitative estimate of drug-likeness (QED) is 0.494. The first-order chi connectivity index (χ1) is 8.63. The Bertz CT molecular complexity index is 539. The lowest BCUT2D eigenvalue weighted by Gasteiger charge is -2.17. The fourth-order valence-electron chi connectivity index (χ4n) is 2.46. The van der Waals surface area contributed by atoms with E-state index in [4.69, 9.17) is 5.84 Å². The number of nitrogens with zero attached hydrogens (tertiary/aromatic N) is 1. The molecular weight excluding hydrogens is 298 g/mol. The zero-order valence-electron chi connectivity index (χ0n) is 10.0. The molecule has 1 aromatic heterocycles. The molecule has 18 heavy (non-hydrogen) atoms. The first-order valence-corrected chi connectivity index (χ1v) is 6.85. The molecule has 7 heteroatoms. The molecule has 3 rings (SSSR count). The monoisotopic (exact) mass is 313 g/mol. The standard InChI is InChI=1S/C11H16BrN5O/c1-5(6-2-3-6)17-4-7(12)9-8(11(17)18)10(14-13)16-15-9/h4-6,10,14-16H,2-3,13H2,1H3. The number of rotatable bonds is 3. The number of pyridine rings is 1. The highest BCUT2D eigenvalue weighted by Crippen LogP contribution is 2.40. The van der Waals surface area contributed by atoms with Crippen LogP contribution in [0, 0.1) is 5.92 Å². The maximum absolute atomic E-state index is 12.5. The van der Waals surface area contributed by atoms with Crippen molar-refractivity contribution in [1.82, 2.24) is 15.4 Å². The van der Waals surface area contributed by atoms with Gasteiger partial charge in [-0.15, -0.1) is 0 Å². The molecule has 1 aliphatic heterocycles. The van der Waals surface area contributed by atoms with Gasteiger partial charge in [-0.1, -0.05) is 0 Å². The Morgan fingerprint density at radius 3 is 2.94 bits per heavy atom. The van der Waals surface area contributed by atoms with Crippen molar-refractivity contribution in [1.29, 1.82) is 0 Å². The van der Waals surface area contributed by atoms with Crippen LogP contribution in [0.15, 0.2) is 15.5 Å². The molecule has 1 saturated carbocycles. The van der Waals surface area contributed by atoms with E-state index >= 15 is 0 Å². The van der Waals surface area contributed by atoms with E-state index in [-0.39, 0.29) is 17.8 Å². The number of halogens is 1. The van der Waals surface area contributed by atoms with Gasteiger partial charge < -0.3 is 9.99 Å². The van der Waals surface area contributed by atoms with Gasteiger partial charge in [-0.25, -0.2) is 10.9 Å². The van der Waals surface area contributed by atoms with Crippen LogP contribution in [0.5, 0.6) is 0 Å². The highest BCUT2D eigenvalue weighted by molar-refractivity contribution is 9.10. The van der Waals surface area contributed by atoms with E-state index in [1.165, 1.54) is 12.8 Å². The molecule has 2 aliphatic rings. The maximum atomic E-state index is 12.5. The van der Waals surface area contributed by atoms with E-state index in [0.717, 1.165) is 10.2 Å². The summed E-state index contributed by atoms with van der Waals surface area (Å²) in [5.74, 6) is 6.07. The Hall–Kier alpha value is -0.890. The third-order valence-corrected chi connectivity index (χ3v) is 4.37. The summed E-state index contributed by atoms with van der Waals surface area (Å²) in [6.45, 7) is 2.10. The minimum atomic E-state index is -0.359. The van der Waals surface area contributed by atoms with Gasteiger partial charge in [-0.2, -0.15) is 0 Å².